The SMILES string of the molecule is COc1ccc(CN(N=O)c2ccccc2)cc1. The summed E-state index contributed by atoms with van der Waals surface area (Å²) >= 11 is 0. The molecule has 0 saturated carbocycles. The molecule has 0 aliphatic rings. The van der Waals surface area contributed by atoms with Crippen LogP contribution in [0, 0.1) is 4.91 Å². The van der Waals surface area contributed by atoms with Crippen molar-refractivity contribution < 1.29 is 4.74 Å². The van der Waals surface area contributed by atoms with E-state index in [1.165, 1.54) is 5.01 Å². The Balaban J connectivity index is 2.13. The van der Waals surface area contributed by atoms with E-state index in [0.29, 0.717) is 6.54 Å². The predicted octanol–water partition coefficient (Wildman–Crippen LogP) is 3.38. The van der Waals surface area contributed by atoms with Crippen molar-refractivity contribution in [2.24, 2.45) is 5.29 Å². The molecule has 0 atom stereocenters. The summed E-state index contributed by atoms with van der Waals surface area (Å²) in [5.74, 6) is 0.795. The number of nitrogens with zero attached hydrogens (tertiary/aromatic N) is 2. The molecule has 0 bridgehead atoms. The maximum Gasteiger partial charge on any atom is 0.118 e. The molecule has 92 valence electrons. The van der Waals surface area contributed by atoms with Gasteiger partial charge < -0.3 is 4.74 Å². The van der Waals surface area contributed by atoms with Gasteiger partial charge in [-0.05, 0) is 29.8 Å². The maximum atomic E-state index is 10.9. The van der Waals surface area contributed by atoms with Crippen LogP contribution < -0.4 is 9.75 Å². The fourth-order valence-corrected chi connectivity index (χ4v) is 1.67. The van der Waals surface area contributed by atoms with Gasteiger partial charge in [0.25, 0.3) is 0 Å². The van der Waals surface area contributed by atoms with Crippen molar-refractivity contribution in [2.75, 3.05) is 12.1 Å². The lowest BCUT2D eigenvalue weighted by atomic mass is 10.2. The third-order valence-electron chi connectivity index (χ3n) is 2.64. The van der Waals surface area contributed by atoms with Crippen molar-refractivity contribution in [3.8, 4) is 5.75 Å². The first-order valence-electron chi connectivity index (χ1n) is 5.62. The van der Waals surface area contributed by atoms with Gasteiger partial charge >= 0.3 is 0 Å². The number of hydrogen-bond acceptors (Lipinski definition) is 3. The Morgan fingerprint density at radius 1 is 1.06 bits per heavy atom. The number of nitroso groups, excluding NO2 is 1. The monoisotopic (exact) mass is 242 g/mol. The smallest absolute Gasteiger partial charge is 0.118 e. The van der Waals surface area contributed by atoms with Crippen LogP contribution in [-0.2, 0) is 6.54 Å². The highest BCUT2D eigenvalue weighted by Gasteiger charge is 2.06. The van der Waals surface area contributed by atoms with Crippen molar-refractivity contribution in [1.29, 1.82) is 0 Å². The molecular weight excluding hydrogens is 228 g/mol. The molecule has 0 fully saturated rings. The minimum atomic E-state index is 0.442. The molecule has 0 unspecified atom stereocenters. The molecule has 0 spiro atoms. The second-order valence-corrected chi connectivity index (χ2v) is 3.82. The van der Waals surface area contributed by atoms with Crippen molar-refractivity contribution >= 4 is 5.69 Å². The van der Waals surface area contributed by atoms with E-state index in [1.807, 2.05) is 54.6 Å². The van der Waals surface area contributed by atoms with Crippen molar-refractivity contribution in [2.45, 2.75) is 6.54 Å². The number of ether oxygens (including phenoxy) is 1. The first-order valence-corrected chi connectivity index (χ1v) is 5.62. The Morgan fingerprint density at radius 2 is 1.72 bits per heavy atom. The summed E-state index contributed by atoms with van der Waals surface area (Å²) in [7, 11) is 1.62. The maximum absolute atomic E-state index is 10.9. The highest BCUT2D eigenvalue weighted by molar-refractivity contribution is 5.45. The van der Waals surface area contributed by atoms with Gasteiger partial charge in [-0.15, -0.1) is 4.91 Å². The molecule has 2 aromatic rings. The van der Waals surface area contributed by atoms with E-state index in [9.17, 15) is 4.91 Å². The second kappa shape index (κ2) is 5.82. The van der Waals surface area contributed by atoms with Crippen LogP contribution in [0.5, 0.6) is 5.75 Å². The molecule has 4 heteroatoms. The Bertz CT molecular complexity index is 497. The Kier molecular flexibility index (Phi) is 3.91. The molecule has 4 nitrogen and oxygen atoms in total. The average Bonchev–Trinajstić information content (AvgIpc) is 2.46. The standard InChI is InChI=1S/C14H14N2O2/c1-18-14-9-7-12(8-10-14)11-16(15-17)13-5-3-2-4-6-13/h2-10H,11H2,1H3. The zero-order valence-corrected chi connectivity index (χ0v) is 10.1. The van der Waals surface area contributed by atoms with E-state index in [4.69, 9.17) is 4.74 Å². The number of para-hydroxylation sites is 1. The quantitative estimate of drug-likeness (QED) is 0.596. The first kappa shape index (κ1) is 12.1. The molecule has 0 radical (unpaired) electrons. The van der Waals surface area contributed by atoms with E-state index >= 15 is 0 Å². The van der Waals surface area contributed by atoms with Gasteiger partial charge in [0.1, 0.15) is 5.75 Å². The summed E-state index contributed by atoms with van der Waals surface area (Å²) in [6, 6.07) is 16.9. The van der Waals surface area contributed by atoms with Crippen LogP contribution in [0.1, 0.15) is 5.56 Å². The van der Waals surface area contributed by atoms with Gasteiger partial charge in [-0.1, -0.05) is 30.3 Å². The summed E-state index contributed by atoms with van der Waals surface area (Å²) in [5, 5.41) is 4.47. The molecule has 0 N–H and O–H groups in total. The van der Waals surface area contributed by atoms with Gasteiger partial charge in [-0.3, -0.25) is 0 Å². The van der Waals surface area contributed by atoms with E-state index in [1.54, 1.807) is 7.11 Å². The largest absolute Gasteiger partial charge is 0.497 e. The number of methoxy groups -OCH3 is 1. The second-order valence-electron chi connectivity index (χ2n) is 3.82. The molecule has 0 heterocycles. The van der Waals surface area contributed by atoms with E-state index in [-0.39, 0.29) is 0 Å². The van der Waals surface area contributed by atoms with E-state index in [0.717, 1.165) is 17.0 Å². The van der Waals surface area contributed by atoms with Crippen LogP contribution in [-0.4, -0.2) is 7.11 Å². The number of benzene rings is 2. The minimum Gasteiger partial charge on any atom is -0.497 e. The third-order valence-corrected chi connectivity index (χ3v) is 2.64. The van der Waals surface area contributed by atoms with Crippen molar-refractivity contribution in [1.82, 2.24) is 0 Å². The Labute approximate surface area is 106 Å². The molecular formula is C14H14N2O2. The Hall–Kier alpha value is -2.36. The summed E-state index contributed by atoms with van der Waals surface area (Å²) in [6.07, 6.45) is 0. The third kappa shape index (κ3) is 2.85. The molecule has 0 aliphatic carbocycles. The minimum absolute atomic E-state index is 0.442. The summed E-state index contributed by atoms with van der Waals surface area (Å²) in [5.41, 5.74) is 1.78. The van der Waals surface area contributed by atoms with Crippen LogP contribution in [0.25, 0.3) is 0 Å². The fraction of sp³-hybridized carbons (Fsp3) is 0.143. The van der Waals surface area contributed by atoms with Gasteiger partial charge in [0.15, 0.2) is 0 Å². The van der Waals surface area contributed by atoms with E-state index in [2.05, 4.69) is 5.29 Å². The highest BCUT2D eigenvalue weighted by Crippen LogP contribution is 2.18. The molecule has 18 heavy (non-hydrogen) atoms. The number of hydrogen-bond donors (Lipinski definition) is 0. The van der Waals surface area contributed by atoms with Crippen LogP contribution >= 0.6 is 0 Å². The molecule has 0 aliphatic heterocycles. The molecule has 0 aromatic heterocycles. The van der Waals surface area contributed by atoms with Gasteiger partial charge in [0.05, 0.1) is 24.6 Å². The zero-order chi connectivity index (χ0) is 12.8. The topological polar surface area (TPSA) is 41.9 Å². The lowest BCUT2D eigenvalue weighted by Crippen LogP contribution is -2.14. The first-order chi connectivity index (χ1) is 8.83. The zero-order valence-electron chi connectivity index (χ0n) is 10.1. The summed E-state index contributed by atoms with van der Waals surface area (Å²) < 4.78 is 5.09. The van der Waals surface area contributed by atoms with Crippen LogP contribution in [0.15, 0.2) is 59.9 Å². The van der Waals surface area contributed by atoms with Crippen LogP contribution in [0.2, 0.25) is 0 Å². The van der Waals surface area contributed by atoms with Gasteiger partial charge in [0.2, 0.25) is 0 Å². The number of anilines is 1. The van der Waals surface area contributed by atoms with Gasteiger partial charge in [-0.25, -0.2) is 5.01 Å². The lowest BCUT2D eigenvalue weighted by molar-refractivity contribution is 0.414. The fourth-order valence-electron chi connectivity index (χ4n) is 1.67. The van der Waals surface area contributed by atoms with E-state index < -0.39 is 0 Å². The number of rotatable bonds is 5. The summed E-state index contributed by atoms with van der Waals surface area (Å²) in [4.78, 5) is 10.9. The molecule has 2 aromatic carbocycles. The molecule has 0 amide bonds. The molecule has 0 saturated heterocycles. The summed E-state index contributed by atoms with van der Waals surface area (Å²) in [6.45, 7) is 0.442. The van der Waals surface area contributed by atoms with Gasteiger partial charge in [-0.2, -0.15) is 0 Å². The Morgan fingerprint density at radius 3 is 2.28 bits per heavy atom. The average molecular weight is 242 g/mol. The van der Waals surface area contributed by atoms with Crippen molar-refractivity contribution in [3.63, 3.8) is 0 Å². The predicted molar refractivity (Wildman–Crippen MR) is 71.4 cm³/mol. The van der Waals surface area contributed by atoms with Crippen LogP contribution in [0.3, 0.4) is 0 Å². The normalized spacial score (nSPS) is 9.83. The van der Waals surface area contributed by atoms with Crippen molar-refractivity contribution in [3.05, 3.63) is 65.1 Å². The van der Waals surface area contributed by atoms with Gasteiger partial charge in [0, 0.05) is 0 Å². The van der Waals surface area contributed by atoms with Crippen LogP contribution in [0.4, 0.5) is 5.69 Å². The molecule has 2 rings (SSSR count). The lowest BCUT2D eigenvalue weighted by Gasteiger charge is -2.15. The highest BCUT2D eigenvalue weighted by atomic mass is 16.5.